The van der Waals surface area contributed by atoms with Gasteiger partial charge >= 0.3 is 5.97 Å². The van der Waals surface area contributed by atoms with Crippen LogP contribution in [-0.2, 0) is 20.9 Å². The monoisotopic (exact) mass is 809 g/mol. The minimum absolute atomic E-state index is 0.0361. The molecule has 0 saturated heterocycles. The maximum Gasteiger partial charge on any atom is 0.341 e. The van der Waals surface area contributed by atoms with E-state index in [-0.39, 0.29) is 18.2 Å². The van der Waals surface area contributed by atoms with E-state index in [0.29, 0.717) is 51.7 Å². The Morgan fingerprint density at radius 1 is 0.793 bits per heavy atom. The molecule has 9 nitrogen and oxygen atoms in total. The molecule has 0 fully saturated rings. The first kappa shape index (κ1) is 41.2. The van der Waals surface area contributed by atoms with Crippen molar-refractivity contribution in [3.05, 3.63) is 172 Å². The molecule has 1 aromatic heterocycles. The minimum atomic E-state index is -0.533. The number of rotatable bonds is 16. The zero-order chi connectivity index (χ0) is 40.9. The topological polar surface area (TPSA) is 123 Å². The van der Waals surface area contributed by atoms with E-state index in [2.05, 4.69) is 16.0 Å². The maximum atomic E-state index is 13.8. The average molecular weight is 810 g/mol. The molecule has 6 aromatic rings. The first-order chi connectivity index (χ1) is 28.2. The van der Waals surface area contributed by atoms with Crippen molar-refractivity contribution in [2.75, 3.05) is 17.2 Å². The van der Waals surface area contributed by atoms with Crippen molar-refractivity contribution in [2.24, 2.45) is 0 Å². The van der Waals surface area contributed by atoms with Gasteiger partial charge in [-0.3, -0.25) is 14.4 Å². The third-order valence-corrected chi connectivity index (χ3v) is 11.1. The molecular weight excluding hydrogens is 767 g/mol. The van der Waals surface area contributed by atoms with E-state index >= 15 is 0 Å². The number of anilines is 2. The minimum Gasteiger partial charge on any atom is -0.489 e. The zero-order valence-electron chi connectivity index (χ0n) is 32.3. The molecule has 3 N–H and O–H groups in total. The summed E-state index contributed by atoms with van der Waals surface area (Å²) in [6.07, 6.45) is 2.10. The number of amides is 3. The molecule has 1 atom stereocenters. The Bertz CT molecular complexity index is 2380. The van der Waals surface area contributed by atoms with Crippen molar-refractivity contribution in [3.8, 4) is 16.9 Å². The van der Waals surface area contributed by atoms with Crippen molar-refractivity contribution < 1.29 is 28.7 Å². The van der Waals surface area contributed by atoms with Gasteiger partial charge in [-0.1, -0.05) is 103 Å². The third-order valence-electron chi connectivity index (χ3n) is 8.87. The zero-order valence-corrected chi connectivity index (χ0v) is 34.0. The summed E-state index contributed by atoms with van der Waals surface area (Å²) in [6, 6.07) is 40.7. The lowest BCUT2D eigenvalue weighted by Crippen LogP contribution is -2.30. The van der Waals surface area contributed by atoms with Crippen LogP contribution in [0.1, 0.15) is 57.7 Å². The summed E-state index contributed by atoms with van der Waals surface area (Å²) in [5, 5.41) is 10.4. The fourth-order valence-electron chi connectivity index (χ4n) is 5.84. The van der Waals surface area contributed by atoms with Crippen LogP contribution in [0.2, 0.25) is 0 Å². The number of esters is 1. The Hall–Kier alpha value is -6.43. The molecule has 0 aliphatic carbocycles. The van der Waals surface area contributed by atoms with Crippen LogP contribution in [0, 0.1) is 6.92 Å². The Balaban J connectivity index is 1.17. The molecule has 1 heterocycles. The normalized spacial score (nSPS) is 11.6. The molecule has 0 saturated carbocycles. The van der Waals surface area contributed by atoms with Crippen LogP contribution < -0.4 is 20.7 Å². The largest absolute Gasteiger partial charge is 0.489 e. The highest BCUT2D eigenvalue weighted by atomic mass is 32.2. The number of thioether (sulfide) groups is 1. The molecule has 0 aliphatic rings. The summed E-state index contributed by atoms with van der Waals surface area (Å²) in [4.78, 5) is 54.7. The van der Waals surface area contributed by atoms with E-state index in [4.69, 9.17) is 9.47 Å². The molecule has 11 heteroatoms. The fraction of sp³-hybridized carbons (Fsp3) is 0.149. The number of hydrogen-bond donors (Lipinski definition) is 3. The van der Waals surface area contributed by atoms with E-state index in [1.54, 1.807) is 55.5 Å². The average Bonchev–Trinajstić information content (AvgIpc) is 3.66. The first-order valence-electron chi connectivity index (χ1n) is 18.8. The smallest absolute Gasteiger partial charge is 0.341 e. The van der Waals surface area contributed by atoms with E-state index < -0.39 is 23.0 Å². The van der Waals surface area contributed by atoms with Crippen molar-refractivity contribution in [1.82, 2.24) is 5.32 Å². The Morgan fingerprint density at radius 2 is 1.50 bits per heavy atom. The summed E-state index contributed by atoms with van der Waals surface area (Å²) < 4.78 is 11.3. The number of benzene rings is 5. The van der Waals surface area contributed by atoms with Gasteiger partial charge in [-0.2, -0.15) is 0 Å². The fourth-order valence-corrected chi connectivity index (χ4v) is 7.81. The van der Waals surface area contributed by atoms with Crippen LogP contribution in [0.15, 0.2) is 149 Å². The van der Waals surface area contributed by atoms with Gasteiger partial charge in [0.15, 0.2) is 0 Å². The van der Waals surface area contributed by atoms with Crippen molar-refractivity contribution in [2.45, 2.75) is 43.9 Å². The van der Waals surface area contributed by atoms with Crippen LogP contribution in [0.3, 0.4) is 0 Å². The molecule has 1 unspecified atom stereocenters. The number of hydrogen-bond acceptors (Lipinski definition) is 8. The van der Waals surface area contributed by atoms with Gasteiger partial charge in [0, 0.05) is 27.1 Å². The Labute approximate surface area is 346 Å². The van der Waals surface area contributed by atoms with Gasteiger partial charge in [0.05, 0.1) is 11.9 Å². The lowest BCUT2D eigenvalue weighted by molar-refractivity contribution is -0.116. The van der Waals surface area contributed by atoms with Gasteiger partial charge in [-0.25, -0.2) is 4.79 Å². The third kappa shape index (κ3) is 11.1. The molecule has 0 aliphatic heterocycles. The van der Waals surface area contributed by atoms with Gasteiger partial charge in [0.1, 0.15) is 28.6 Å². The lowest BCUT2D eigenvalue weighted by atomic mass is 10.0. The molecule has 0 bridgehead atoms. The summed E-state index contributed by atoms with van der Waals surface area (Å²) in [5.41, 5.74) is 5.59. The molecule has 3 amide bonds. The molecule has 294 valence electrons. The van der Waals surface area contributed by atoms with Crippen LogP contribution in [0.25, 0.3) is 17.2 Å². The predicted octanol–water partition coefficient (Wildman–Crippen LogP) is 10.4. The highest BCUT2D eigenvalue weighted by Crippen LogP contribution is 2.37. The highest BCUT2D eigenvalue weighted by Gasteiger charge is 2.26. The van der Waals surface area contributed by atoms with Gasteiger partial charge in [-0.15, -0.1) is 23.1 Å². The Morgan fingerprint density at radius 3 is 2.19 bits per heavy atom. The standard InChI is InChI=1S/C47H43N3O6S2/c1-4-41(45(53)50-46-42(47(54)55-5-2)39(30-57-46)34-23-19-31(3)20-24-34)58-38-18-12-17-36(28-38)48-44(52)40(49-43(51)35-15-10-7-11-16-35)27-32-21-25-37(26-22-32)56-29-33-13-8-6-9-14-33/h6-28,30,41H,4-5,29H2,1-3H3,(H,48,52)(H,49,51)(H,50,53)/b40-27-. The second-order valence-corrected chi connectivity index (χ2v) is 15.3. The molecule has 58 heavy (non-hydrogen) atoms. The summed E-state index contributed by atoms with van der Waals surface area (Å²) in [6.45, 7) is 6.26. The molecule has 0 spiro atoms. The van der Waals surface area contributed by atoms with E-state index in [1.165, 1.54) is 23.1 Å². The molecule has 6 rings (SSSR count). The van der Waals surface area contributed by atoms with Crippen molar-refractivity contribution in [1.29, 1.82) is 0 Å². The number of aryl methyl sites for hydroxylation is 1. The number of carbonyl (C=O) groups is 4. The van der Waals surface area contributed by atoms with Crippen LogP contribution >= 0.6 is 23.1 Å². The van der Waals surface area contributed by atoms with E-state index in [9.17, 15) is 19.2 Å². The number of nitrogens with one attached hydrogen (secondary N) is 3. The quantitative estimate of drug-likeness (QED) is 0.0505. The highest BCUT2D eigenvalue weighted by molar-refractivity contribution is 8.00. The van der Waals surface area contributed by atoms with Crippen molar-refractivity contribution >= 4 is 63.6 Å². The second kappa shape index (κ2) is 20.1. The van der Waals surface area contributed by atoms with Crippen LogP contribution in [0.4, 0.5) is 10.7 Å². The van der Waals surface area contributed by atoms with Gasteiger partial charge in [0.2, 0.25) is 5.91 Å². The molecular formula is C47H43N3O6S2. The van der Waals surface area contributed by atoms with Gasteiger partial charge in [0.25, 0.3) is 11.8 Å². The van der Waals surface area contributed by atoms with Gasteiger partial charge in [-0.05, 0) is 85.5 Å². The second-order valence-electron chi connectivity index (χ2n) is 13.1. The van der Waals surface area contributed by atoms with E-state index in [1.807, 2.05) is 110 Å². The summed E-state index contributed by atoms with van der Waals surface area (Å²) >= 11 is 2.62. The lowest BCUT2D eigenvalue weighted by Gasteiger charge is -2.16. The summed E-state index contributed by atoms with van der Waals surface area (Å²) in [7, 11) is 0. The van der Waals surface area contributed by atoms with Crippen molar-refractivity contribution in [3.63, 3.8) is 0 Å². The Kier molecular flexibility index (Phi) is 14.3. The SMILES string of the molecule is CCOC(=O)c1c(-c2ccc(C)cc2)csc1NC(=O)C(CC)Sc1cccc(NC(=O)/C(=C/c2ccc(OCc3ccccc3)cc2)NC(=O)c2ccccc2)c1. The number of thiophene rings is 1. The van der Waals surface area contributed by atoms with Crippen LogP contribution in [-0.4, -0.2) is 35.5 Å². The first-order valence-corrected chi connectivity index (χ1v) is 20.6. The summed E-state index contributed by atoms with van der Waals surface area (Å²) in [5.74, 6) is -1.08. The van der Waals surface area contributed by atoms with Gasteiger partial charge < -0.3 is 25.4 Å². The van der Waals surface area contributed by atoms with Crippen LogP contribution in [0.5, 0.6) is 5.75 Å². The number of carbonyl (C=O) groups excluding carboxylic acids is 4. The molecule has 5 aromatic carbocycles. The van der Waals surface area contributed by atoms with E-state index in [0.717, 1.165) is 21.6 Å². The number of ether oxygens (including phenoxy) is 2. The predicted molar refractivity (Wildman–Crippen MR) is 233 cm³/mol. The maximum absolute atomic E-state index is 13.8. The molecule has 0 radical (unpaired) electrons.